The van der Waals surface area contributed by atoms with Crippen LogP contribution in [0.3, 0.4) is 0 Å². The van der Waals surface area contributed by atoms with Gasteiger partial charge >= 0.3 is 0 Å². The maximum atomic E-state index is 13.0. The molecular formula is C31H25N3O. The molecule has 1 aromatic heterocycles. The van der Waals surface area contributed by atoms with Gasteiger partial charge in [-0.05, 0) is 83.8 Å². The van der Waals surface area contributed by atoms with Crippen molar-refractivity contribution in [3.8, 4) is 11.8 Å². The Bertz CT molecular complexity index is 1680. The minimum absolute atomic E-state index is 0.0660. The van der Waals surface area contributed by atoms with Gasteiger partial charge in [0.15, 0.2) is 0 Å². The van der Waals surface area contributed by atoms with Crippen molar-refractivity contribution in [1.29, 1.82) is 5.26 Å². The Kier molecular flexibility index (Phi) is 5.68. The second kappa shape index (κ2) is 8.96. The molecule has 0 fully saturated rings. The Hall–Kier alpha value is -4.62. The van der Waals surface area contributed by atoms with Crippen molar-refractivity contribution in [2.24, 2.45) is 0 Å². The van der Waals surface area contributed by atoms with E-state index in [2.05, 4.69) is 46.3 Å². The van der Waals surface area contributed by atoms with E-state index in [-0.39, 0.29) is 5.57 Å². The van der Waals surface area contributed by atoms with Crippen LogP contribution in [0.5, 0.6) is 0 Å². The third-order valence-corrected chi connectivity index (χ3v) is 6.57. The lowest BCUT2D eigenvalue weighted by atomic mass is 10.0. The van der Waals surface area contributed by atoms with E-state index in [0.29, 0.717) is 5.69 Å². The van der Waals surface area contributed by atoms with Gasteiger partial charge in [-0.1, -0.05) is 60.7 Å². The molecule has 1 amide bonds. The Morgan fingerprint density at radius 2 is 1.54 bits per heavy atom. The molecule has 5 rings (SSSR count). The molecule has 4 aromatic carbocycles. The van der Waals surface area contributed by atoms with E-state index in [4.69, 9.17) is 0 Å². The van der Waals surface area contributed by atoms with Gasteiger partial charge in [-0.15, -0.1) is 0 Å². The fraction of sp³-hybridized carbons (Fsp3) is 0.0968. The highest BCUT2D eigenvalue weighted by molar-refractivity contribution is 6.11. The number of hydrogen-bond donors (Lipinski definition) is 1. The number of fused-ring (bicyclic) bond motifs is 2. The number of carbonyl (C=O) groups excluding carboxylic acids is 1. The number of anilines is 1. The first-order chi connectivity index (χ1) is 17.0. The first-order valence-corrected chi connectivity index (χ1v) is 11.6. The number of carbonyl (C=O) groups is 1. The van der Waals surface area contributed by atoms with Gasteiger partial charge in [0.1, 0.15) is 11.6 Å². The summed E-state index contributed by atoms with van der Waals surface area (Å²) in [6.45, 7) is 6.02. The van der Waals surface area contributed by atoms with Gasteiger partial charge in [0.2, 0.25) is 0 Å². The molecule has 0 unspecified atom stereocenters. The standard InChI is InChI=1S/C31H25N3O/c1-20-16-26(22(3)34(20)28-14-12-23-8-4-5-10-25(23)18-28)17-27(19-32)31(35)33-30-15-13-24-9-6-7-11-29(24)21(30)2/h4-18H,1-3H3,(H,33,35). The quantitative estimate of drug-likeness (QED) is 0.229. The van der Waals surface area contributed by atoms with Crippen molar-refractivity contribution in [2.45, 2.75) is 20.8 Å². The van der Waals surface area contributed by atoms with E-state index in [1.165, 1.54) is 5.39 Å². The second-order valence-corrected chi connectivity index (χ2v) is 8.78. The van der Waals surface area contributed by atoms with Crippen molar-refractivity contribution >= 4 is 39.2 Å². The molecule has 1 heterocycles. The summed E-state index contributed by atoms with van der Waals surface area (Å²) in [6, 6.07) is 30.6. The summed E-state index contributed by atoms with van der Waals surface area (Å²) in [7, 11) is 0. The molecule has 0 spiro atoms. The number of nitriles is 1. The summed E-state index contributed by atoms with van der Waals surface area (Å²) in [6.07, 6.45) is 1.67. The van der Waals surface area contributed by atoms with Crippen LogP contribution < -0.4 is 5.32 Å². The number of amides is 1. The number of aromatic nitrogens is 1. The Morgan fingerprint density at radius 1 is 0.857 bits per heavy atom. The predicted molar refractivity (Wildman–Crippen MR) is 144 cm³/mol. The minimum Gasteiger partial charge on any atom is -0.321 e. The van der Waals surface area contributed by atoms with Crippen LogP contribution in [0.4, 0.5) is 5.69 Å². The summed E-state index contributed by atoms with van der Waals surface area (Å²) in [5, 5.41) is 17.3. The van der Waals surface area contributed by atoms with Crippen LogP contribution in [0.2, 0.25) is 0 Å². The zero-order valence-electron chi connectivity index (χ0n) is 20.0. The molecule has 5 aromatic rings. The maximum absolute atomic E-state index is 13.0. The smallest absolute Gasteiger partial charge is 0.266 e. The summed E-state index contributed by atoms with van der Waals surface area (Å²) in [5.74, 6) is -0.415. The van der Waals surface area contributed by atoms with Crippen molar-refractivity contribution in [3.05, 3.63) is 113 Å². The van der Waals surface area contributed by atoms with Gasteiger partial charge < -0.3 is 9.88 Å². The van der Waals surface area contributed by atoms with E-state index < -0.39 is 5.91 Å². The van der Waals surface area contributed by atoms with Crippen molar-refractivity contribution in [1.82, 2.24) is 4.57 Å². The predicted octanol–water partition coefficient (Wildman–Crippen LogP) is 7.25. The van der Waals surface area contributed by atoms with E-state index in [1.54, 1.807) is 6.08 Å². The third kappa shape index (κ3) is 4.09. The van der Waals surface area contributed by atoms with Crippen LogP contribution in [-0.2, 0) is 4.79 Å². The van der Waals surface area contributed by atoms with E-state index >= 15 is 0 Å². The molecule has 0 atom stereocenters. The van der Waals surface area contributed by atoms with Gasteiger partial charge in [-0.3, -0.25) is 4.79 Å². The molecule has 170 valence electrons. The van der Waals surface area contributed by atoms with Gasteiger partial charge in [0.05, 0.1) is 0 Å². The molecule has 0 saturated carbocycles. The van der Waals surface area contributed by atoms with Gasteiger partial charge in [-0.25, -0.2) is 0 Å². The molecule has 35 heavy (non-hydrogen) atoms. The highest BCUT2D eigenvalue weighted by atomic mass is 16.1. The number of nitrogens with one attached hydrogen (secondary N) is 1. The summed E-state index contributed by atoms with van der Waals surface area (Å²) in [5.41, 5.74) is 5.65. The van der Waals surface area contributed by atoms with Gasteiger partial charge in [0.25, 0.3) is 5.91 Å². The highest BCUT2D eigenvalue weighted by Crippen LogP contribution is 2.27. The average Bonchev–Trinajstić information content (AvgIpc) is 3.16. The van der Waals surface area contributed by atoms with Gasteiger partial charge in [-0.2, -0.15) is 5.26 Å². The zero-order chi connectivity index (χ0) is 24.5. The monoisotopic (exact) mass is 455 g/mol. The number of aryl methyl sites for hydroxylation is 2. The highest BCUT2D eigenvalue weighted by Gasteiger charge is 2.15. The molecule has 4 heteroatoms. The lowest BCUT2D eigenvalue weighted by molar-refractivity contribution is -0.112. The fourth-order valence-electron chi connectivity index (χ4n) is 4.70. The van der Waals surface area contributed by atoms with Crippen molar-refractivity contribution in [2.75, 3.05) is 5.32 Å². The molecule has 0 aliphatic rings. The van der Waals surface area contributed by atoms with Crippen LogP contribution in [-0.4, -0.2) is 10.5 Å². The molecule has 0 bridgehead atoms. The third-order valence-electron chi connectivity index (χ3n) is 6.57. The number of nitrogens with zero attached hydrogens (tertiary/aromatic N) is 2. The van der Waals surface area contributed by atoms with Crippen LogP contribution in [0, 0.1) is 32.1 Å². The molecule has 0 aliphatic heterocycles. The number of rotatable bonds is 4. The van der Waals surface area contributed by atoms with Crippen LogP contribution >= 0.6 is 0 Å². The molecule has 4 nitrogen and oxygen atoms in total. The largest absolute Gasteiger partial charge is 0.321 e. The van der Waals surface area contributed by atoms with Crippen molar-refractivity contribution in [3.63, 3.8) is 0 Å². The number of hydrogen-bond acceptors (Lipinski definition) is 2. The van der Waals surface area contributed by atoms with Crippen LogP contribution in [0.15, 0.2) is 90.5 Å². The molecule has 0 aliphatic carbocycles. The van der Waals surface area contributed by atoms with E-state index in [1.807, 2.05) is 75.4 Å². The molecule has 0 radical (unpaired) electrons. The lowest BCUT2D eigenvalue weighted by Crippen LogP contribution is -2.14. The van der Waals surface area contributed by atoms with Crippen LogP contribution in [0.25, 0.3) is 33.3 Å². The Labute approximate surface area is 204 Å². The van der Waals surface area contributed by atoms with Gasteiger partial charge in [0, 0.05) is 22.8 Å². The second-order valence-electron chi connectivity index (χ2n) is 8.78. The van der Waals surface area contributed by atoms with Crippen LogP contribution in [0.1, 0.15) is 22.5 Å². The first kappa shape index (κ1) is 22.2. The Morgan fingerprint density at radius 3 is 2.31 bits per heavy atom. The number of benzene rings is 4. The summed E-state index contributed by atoms with van der Waals surface area (Å²) in [4.78, 5) is 13.0. The lowest BCUT2D eigenvalue weighted by Gasteiger charge is -2.11. The molecule has 1 N–H and O–H groups in total. The summed E-state index contributed by atoms with van der Waals surface area (Å²) >= 11 is 0. The van der Waals surface area contributed by atoms with Crippen molar-refractivity contribution < 1.29 is 4.79 Å². The fourth-order valence-corrected chi connectivity index (χ4v) is 4.70. The van der Waals surface area contributed by atoms with E-state index in [9.17, 15) is 10.1 Å². The molecular weight excluding hydrogens is 430 g/mol. The summed E-state index contributed by atoms with van der Waals surface area (Å²) < 4.78 is 2.15. The minimum atomic E-state index is -0.415. The Balaban J connectivity index is 1.48. The molecule has 0 saturated heterocycles. The topological polar surface area (TPSA) is 57.8 Å². The first-order valence-electron chi connectivity index (χ1n) is 11.6. The normalized spacial score (nSPS) is 11.5. The average molecular weight is 456 g/mol. The zero-order valence-corrected chi connectivity index (χ0v) is 20.0. The van der Waals surface area contributed by atoms with E-state index in [0.717, 1.165) is 44.4 Å². The SMILES string of the molecule is Cc1c(NC(=O)C(C#N)=Cc2cc(C)n(-c3ccc4ccccc4c3)c2C)ccc2ccccc12. The maximum Gasteiger partial charge on any atom is 0.266 e.